The topological polar surface area (TPSA) is 88.6 Å². The quantitative estimate of drug-likeness (QED) is 0.526. The van der Waals surface area contributed by atoms with Gasteiger partial charge < -0.3 is 4.74 Å². The summed E-state index contributed by atoms with van der Waals surface area (Å²) in [7, 11) is -2.00. The highest BCUT2D eigenvalue weighted by Crippen LogP contribution is 2.32. The molecule has 0 unspecified atom stereocenters. The van der Waals surface area contributed by atoms with Gasteiger partial charge in [0.15, 0.2) is 5.13 Å². The summed E-state index contributed by atoms with van der Waals surface area (Å²) in [6.45, 7) is 4.90. The van der Waals surface area contributed by atoms with Crippen molar-refractivity contribution in [3.63, 3.8) is 0 Å². The molecule has 9 heteroatoms. The highest BCUT2D eigenvalue weighted by molar-refractivity contribution is 7.89. The van der Waals surface area contributed by atoms with Crippen LogP contribution in [0, 0.1) is 0 Å². The molecule has 30 heavy (non-hydrogen) atoms. The maximum absolute atomic E-state index is 12.6. The largest absolute Gasteiger partial charge is 0.492 e. The van der Waals surface area contributed by atoms with E-state index < -0.39 is 10.0 Å². The number of benzene rings is 2. The standard InChI is InChI=1S/C21H25N3O4S2/c1-4-6-14-24(3)30(26,27)16-12-10-15(11-13-16)20(25)23-21-22-19-17(28-5-2)8-7-9-18(19)29-21/h7-13H,4-6,14H2,1-3H3,(H,22,23,25). The average molecular weight is 448 g/mol. The van der Waals surface area contributed by atoms with Crippen molar-refractivity contribution in [1.82, 2.24) is 9.29 Å². The first-order valence-electron chi connectivity index (χ1n) is 9.77. The van der Waals surface area contributed by atoms with Crippen molar-refractivity contribution in [2.24, 2.45) is 0 Å². The number of para-hydroxylation sites is 1. The molecule has 0 aliphatic heterocycles. The number of sulfonamides is 1. The van der Waals surface area contributed by atoms with Gasteiger partial charge in [-0.25, -0.2) is 17.7 Å². The SMILES string of the molecule is CCCCN(C)S(=O)(=O)c1ccc(C(=O)Nc2nc3c(OCC)cccc3s2)cc1. The van der Waals surface area contributed by atoms with E-state index >= 15 is 0 Å². The zero-order valence-corrected chi connectivity index (χ0v) is 18.8. The van der Waals surface area contributed by atoms with Crippen molar-refractivity contribution in [1.29, 1.82) is 0 Å². The van der Waals surface area contributed by atoms with Crippen LogP contribution in [0.4, 0.5) is 5.13 Å². The number of carbonyl (C=O) groups is 1. The van der Waals surface area contributed by atoms with E-state index in [4.69, 9.17) is 4.74 Å². The third-order valence-corrected chi connectivity index (χ3v) is 7.36. The van der Waals surface area contributed by atoms with Gasteiger partial charge in [0.2, 0.25) is 10.0 Å². The molecule has 0 saturated heterocycles. The minimum atomic E-state index is -3.56. The van der Waals surface area contributed by atoms with Crippen LogP contribution >= 0.6 is 11.3 Å². The van der Waals surface area contributed by atoms with Gasteiger partial charge in [-0.2, -0.15) is 0 Å². The lowest BCUT2D eigenvalue weighted by atomic mass is 10.2. The lowest BCUT2D eigenvalue weighted by molar-refractivity contribution is 0.102. The van der Waals surface area contributed by atoms with Gasteiger partial charge in [0, 0.05) is 19.2 Å². The summed E-state index contributed by atoms with van der Waals surface area (Å²) in [6, 6.07) is 11.6. The van der Waals surface area contributed by atoms with E-state index in [1.54, 1.807) is 7.05 Å². The normalized spacial score (nSPS) is 11.7. The van der Waals surface area contributed by atoms with Gasteiger partial charge in [0.1, 0.15) is 11.3 Å². The van der Waals surface area contributed by atoms with Crippen molar-refractivity contribution in [2.45, 2.75) is 31.6 Å². The van der Waals surface area contributed by atoms with Crippen LogP contribution in [-0.2, 0) is 10.0 Å². The molecule has 7 nitrogen and oxygen atoms in total. The van der Waals surface area contributed by atoms with E-state index in [2.05, 4.69) is 10.3 Å². The van der Waals surface area contributed by atoms with Crippen LogP contribution in [0.1, 0.15) is 37.0 Å². The van der Waals surface area contributed by atoms with E-state index in [-0.39, 0.29) is 10.8 Å². The number of nitrogens with one attached hydrogen (secondary N) is 1. The Labute approximate surface area is 180 Å². The average Bonchev–Trinajstić information content (AvgIpc) is 3.15. The first kappa shape index (κ1) is 22.2. The molecule has 1 N–H and O–H groups in total. The second kappa shape index (κ2) is 9.55. The Morgan fingerprint density at radius 3 is 2.57 bits per heavy atom. The lowest BCUT2D eigenvalue weighted by Gasteiger charge is -2.16. The highest BCUT2D eigenvalue weighted by Gasteiger charge is 2.21. The molecule has 0 fully saturated rings. The molecule has 0 aliphatic rings. The molecule has 1 amide bonds. The van der Waals surface area contributed by atoms with Crippen LogP contribution in [-0.4, -0.2) is 43.8 Å². The first-order chi connectivity index (χ1) is 14.4. The predicted octanol–water partition coefficient (Wildman–Crippen LogP) is 4.37. The van der Waals surface area contributed by atoms with Crippen LogP contribution in [0.3, 0.4) is 0 Å². The molecule has 0 saturated carbocycles. The van der Waals surface area contributed by atoms with Crippen molar-refractivity contribution < 1.29 is 17.9 Å². The number of unbranched alkanes of at least 4 members (excludes halogenated alkanes) is 1. The number of fused-ring (bicyclic) bond motifs is 1. The number of anilines is 1. The third-order valence-electron chi connectivity index (χ3n) is 4.55. The number of nitrogens with zero attached hydrogens (tertiary/aromatic N) is 2. The molecule has 0 radical (unpaired) electrons. The molecule has 0 atom stereocenters. The van der Waals surface area contributed by atoms with Crippen molar-refractivity contribution in [3.05, 3.63) is 48.0 Å². The van der Waals surface area contributed by atoms with E-state index in [1.165, 1.54) is 39.9 Å². The second-order valence-electron chi connectivity index (χ2n) is 6.71. The minimum Gasteiger partial charge on any atom is -0.492 e. The van der Waals surface area contributed by atoms with E-state index in [9.17, 15) is 13.2 Å². The van der Waals surface area contributed by atoms with E-state index in [0.717, 1.165) is 17.5 Å². The summed E-state index contributed by atoms with van der Waals surface area (Å²) in [4.78, 5) is 17.2. The van der Waals surface area contributed by atoms with Crippen LogP contribution in [0.5, 0.6) is 5.75 Å². The molecular weight excluding hydrogens is 422 g/mol. The molecule has 0 bridgehead atoms. The molecular formula is C21H25N3O4S2. The fourth-order valence-electron chi connectivity index (χ4n) is 2.88. The Balaban J connectivity index is 1.75. The Morgan fingerprint density at radius 1 is 1.17 bits per heavy atom. The summed E-state index contributed by atoms with van der Waals surface area (Å²) in [5.41, 5.74) is 1.06. The van der Waals surface area contributed by atoms with Crippen molar-refractivity contribution in [3.8, 4) is 5.75 Å². The van der Waals surface area contributed by atoms with Gasteiger partial charge in [-0.15, -0.1) is 0 Å². The van der Waals surface area contributed by atoms with Crippen LogP contribution in [0.2, 0.25) is 0 Å². The number of carbonyl (C=O) groups excluding carboxylic acids is 1. The summed E-state index contributed by atoms with van der Waals surface area (Å²) in [5.74, 6) is 0.323. The van der Waals surface area contributed by atoms with E-state index in [1.807, 2.05) is 32.0 Å². The fourth-order valence-corrected chi connectivity index (χ4v) is 4.97. The zero-order chi connectivity index (χ0) is 21.7. The van der Waals surface area contributed by atoms with Crippen molar-refractivity contribution >= 4 is 42.6 Å². The summed E-state index contributed by atoms with van der Waals surface area (Å²) in [5, 5.41) is 3.24. The Bertz CT molecular complexity index is 1120. The van der Waals surface area contributed by atoms with Gasteiger partial charge in [0.05, 0.1) is 16.2 Å². The first-order valence-corrected chi connectivity index (χ1v) is 12.0. The monoisotopic (exact) mass is 447 g/mol. The van der Waals surface area contributed by atoms with Gasteiger partial charge in [-0.1, -0.05) is 30.7 Å². The number of ether oxygens (including phenoxy) is 1. The van der Waals surface area contributed by atoms with Crippen LogP contribution in [0.25, 0.3) is 10.2 Å². The molecule has 0 aliphatic carbocycles. The predicted molar refractivity (Wildman–Crippen MR) is 120 cm³/mol. The second-order valence-corrected chi connectivity index (χ2v) is 9.79. The molecule has 3 rings (SSSR count). The number of amides is 1. The molecule has 0 spiro atoms. The Hall–Kier alpha value is -2.49. The van der Waals surface area contributed by atoms with Crippen molar-refractivity contribution in [2.75, 3.05) is 25.5 Å². The molecule has 3 aromatic rings. The maximum atomic E-state index is 12.6. The number of hydrogen-bond donors (Lipinski definition) is 1. The molecule has 160 valence electrons. The van der Waals surface area contributed by atoms with Crippen LogP contribution < -0.4 is 10.1 Å². The maximum Gasteiger partial charge on any atom is 0.257 e. The fraction of sp³-hybridized carbons (Fsp3) is 0.333. The Morgan fingerprint density at radius 2 is 1.90 bits per heavy atom. The number of aromatic nitrogens is 1. The van der Waals surface area contributed by atoms with Gasteiger partial charge in [0.25, 0.3) is 5.91 Å². The summed E-state index contributed by atoms with van der Waals surface area (Å²) < 4.78 is 33.0. The van der Waals surface area contributed by atoms with Gasteiger partial charge in [-0.05, 0) is 49.7 Å². The highest BCUT2D eigenvalue weighted by atomic mass is 32.2. The number of rotatable bonds is 9. The summed E-state index contributed by atoms with van der Waals surface area (Å²) in [6.07, 6.45) is 1.71. The number of hydrogen-bond acceptors (Lipinski definition) is 6. The zero-order valence-electron chi connectivity index (χ0n) is 17.2. The molecule has 2 aromatic carbocycles. The summed E-state index contributed by atoms with van der Waals surface area (Å²) >= 11 is 1.35. The van der Waals surface area contributed by atoms with Crippen LogP contribution in [0.15, 0.2) is 47.4 Å². The minimum absolute atomic E-state index is 0.166. The smallest absolute Gasteiger partial charge is 0.257 e. The Kier molecular flexibility index (Phi) is 7.06. The van der Waals surface area contributed by atoms with Gasteiger partial charge >= 0.3 is 0 Å². The number of thiazole rings is 1. The van der Waals surface area contributed by atoms with E-state index in [0.29, 0.717) is 35.1 Å². The third kappa shape index (κ3) is 4.80. The van der Waals surface area contributed by atoms with Gasteiger partial charge in [-0.3, -0.25) is 10.1 Å². The lowest BCUT2D eigenvalue weighted by Crippen LogP contribution is -2.28. The molecule has 1 heterocycles. The molecule has 1 aromatic heterocycles.